The first-order chi connectivity index (χ1) is 12.1. The molecule has 0 aromatic carbocycles. The van der Waals surface area contributed by atoms with Crippen LogP contribution in [0.1, 0.15) is 26.2 Å². The summed E-state index contributed by atoms with van der Waals surface area (Å²) in [6, 6.07) is 2.16. The number of hydrogen-bond donors (Lipinski definition) is 2. The third kappa shape index (κ3) is 7.30. The molecule has 1 aliphatic rings. The Balaban J connectivity index is 0.00000338. The summed E-state index contributed by atoms with van der Waals surface area (Å²) in [5.41, 5.74) is 0. The number of nitrogens with one attached hydrogen (secondary N) is 2. The smallest absolute Gasteiger partial charge is 0.243 e. The van der Waals surface area contributed by atoms with Gasteiger partial charge in [0.2, 0.25) is 11.9 Å². The van der Waals surface area contributed by atoms with Crippen molar-refractivity contribution in [2.75, 3.05) is 45.2 Å². The molecule has 1 saturated heterocycles. The van der Waals surface area contributed by atoms with E-state index in [-0.39, 0.29) is 36.4 Å². The minimum atomic E-state index is -0.00589. The van der Waals surface area contributed by atoms with Crippen molar-refractivity contribution in [2.24, 2.45) is 4.99 Å². The molecule has 0 bridgehead atoms. The molecule has 1 aromatic rings. The lowest BCUT2D eigenvalue weighted by Gasteiger charge is -2.33. The lowest BCUT2D eigenvalue weighted by Crippen LogP contribution is -2.49. The molecule has 1 aliphatic heterocycles. The quantitative estimate of drug-likeness (QED) is 0.364. The van der Waals surface area contributed by atoms with E-state index in [0.29, 0.717) is 12.0 Å². The second kappa shape index (κ2) is 11.9. The van der Waals surface area contributed by atoms with Crippen LogP contribution in [-0.4, -0.2) is 73.1 Å². The van der Waals surface area contributed by atoms with Crippen molar-refractivity contribution in [3.8, 4) is 0 Å². The lowest BCUT2D eigenvalue weighted by molar-refractivity contribution is -0.127. The Hall–Kier alpha value is -1.65. The van der Waals surface area contributed by atoms with Crippen molar-refractivity contribution in [3.05, 3.63) is 18.5 Å². The third-order valence-electron chi connectivity index (χ3n) is 4.08. The average Bonchev–Trinajstić information content (AvgIpc) is 2.64. The predicted molar refractivity (Wildman–Crippen MR) is 115 cm³/mol. The first-order valence-corrected chi connectivity index (χ1v) is 8.87. The second-order valence-corrected chi connectivity index (χ2v) is 6.33. The predicted octanol–water partition coefficient (Wildman–Crippen LogP) is 1.10. The summed E-state index contributed by atoms with van der Waals surface area (Å²) in [6.45, 7) is 4.90. The lowest BCUT2D eigenvalue weighted by atomic mass is 10.1. The van der Waals surface area contributed by atoms with Crippen LogP contribution in [-0.2, 0) is 4.79 Å². The number of halogens is 1. The minimum absolute atomic E-state index is 0. The zero-order valence-electron chi connectivity index (χ0n) is 15.8. The van der Waals surface area contributed by atoms with E-state index in [0.717, 1.165) is 44.8 Å². The van der Waals surface area contributed by atoms with Crippen molar-refractivity contribution in [1.82, 2.24) is 25.5 Å². The maximum Gasteiger partial charge on any atom is 0.243 e. The number of piperidine rings is 1. The number of aliphatic imine (C=N–C) groups is 1. The number of rotatable bonds is 6. The van der Waals surface area contributed by atoms with Gasteiger partial charge in [-0.2, -0.15) is 0 Å². The fourth-order valence-corrected chi connectivity index (χ4v) is 2.56. The van der Waals surface area contributed by atoms with E-state index in [4.69, 9.17) is 0 Å². The minimum Gasteiger partial charge on any atom is -0.356 e. The molecule has 1 fully saturated rings. The summed E-state index contributed by atoms with van der Waals surface area (Å²) in [5, 5.41) is 6.74. The zero-order chi connectivity index (χ0) is 18.1. The summed E-state index contributed by atoms with van der Waals surface area (Å²) in [5.74, 6) is 1.50. The molecule has 2 rings (SSSR count). The van der Waals surface area contributed by atoms with Crippen molar-refractivity contribution in [2.45, 2.75) is 32.2 Å². The van der Waals surface area contributed by atoms with Gasteiger partial charge in [-0.1, -0.05) is 6.92 Å². The summed E-state index contributed by atoms with van der Waals surface area (Å²) in [6.07, 6.45) is 6.51. The Morgan fingerprint density at radius 3 is 2.54 bits per heavy atom. The molecule has 0 aliphatic carbocycles. The normalized spacial score (nSPS) is 15.2. The Morgan fingerprint density at radius 1 is 1.31 bits per heavy atom. The molecular formula is C17H30IN7O. The first kappa shape index (κ1) is 22.4. The van der Waals surface area contributed by atoms with Gasteiger partial charge in [0.25, 0.3) is 0 Å². The molecule has 2 heterocycles. The highest BCUT2D eigenvalue weighted by Crippen LogP contribution is 2.15. The first-order valence-electron chi connectivity index (χ1n) is 8.87. The maximum absolute atomic E-state index is 11.8. The van der Waals surface area contributed by atoms with Crippen LogP contribution in [0.2, 0.25) is 0 Å². The molecule has 1 amide bonds. The molecule has 26 heavy (non-hydrogen) atoms. The van der Waals surface area contributed by atoms with Crippen LogP contribution in [0.15, 0.2) is 23.5 Å². The molecule has 0 saturated carbocycles. The van der Waals surface area contributed by atoms with Gasteiger partial charge in [-0.05, 0) is 25.3 Å². The maximum atomic E-state index is 11.8. The Morgan fingerprint density at radius 2 is 1.96 bits per heavy atom. The second-order valence-electron chi connectivity index (χ2n) is 6.33. The van der Waals surface area contributed by atoms with Gasteiger partial charge in [0, 0.05) is 52.2 Å². The number of nitrogens with zero attached hydrogens (tertiary/aromatic N) is 5. The number of carbonyl (C=O) groups excluding carboxylic acids is 1. The fraction of sp³-hybridized carbons (Fsp3) is 0.647. The zero-order valence-corrected chi connectivity index (χ0v) is 18.1. The number of guanidine groups is 1. The molecule has 0 unspecified atom stereocenters. The number of anilines is 1. The van der Waals surface area contributed by atoms with E-state index in [1.807, 2.05) is 6.07 Å². The van der Waals surface area contributed by atoms with Crippen LogP contribution in [0.25, 0.3) is 0 Å². The SMILES string of the molecule is CCCNC(=NCC(=O)N(C)C)NC1CCN(c2ncccn2)CC1.I. The van der Waals surface area contributed by atoms with Gasteiger partial charge in [0.1, 0.15) is 6.54 Å². The molecule has 2 N–H and O–H groups in total. The average molecular weight is 475 g/mol. The number of aromatic nitrogens is 2. The standard InChI is InChI=1S/C17H29N7O.HI/c1-4-8-18-16(21-13-15(25)23(2)3)22-14-6-11-24(12-7-14)17-19-9-5-10-20-17;/h5,9-10,14H,4,6-8,11-13H2,1-3H3,(H2,18,21,22);1H. The van der Waals surface area contributed by atoms with Crippen LogP contribution in [0.5, 0.6) is 0 Å². The van der Waals surface area contributed by atoms with Crippen molar-refractivity contribution in [3.63, 3.8) is 0 Å². The van der Waals surface area contributed by atoms with E-state index in [1.54, 1.807) is 31.4 Å². The van der Waals surface area contributed by atoms with Crippen molar-refractivity contribution >= 4 is 41.8 Å². The Labute approximate surface area is 172 Å². The highest BCUT2D eigenvalue weighted by atomic mass is 127. The number of amides is 1. The Bertz CT molecular complexity index is 559. The van der Waals surface area contributed by atoms with Crippen LogP contribution in [0.3, 0.4) is 0 Å². The molecule has 0 atom stereocenters. The van der Waals surface area contributed by atoms with Crippen LogP contribution < -0.4 is 15.5 Å². The summed E-state index contributed by atoms with van der Waals surface area (Å²) in [7, 11) is 3.48. The molecule has 9 heteroatoms. The van der Waals surface area contributed by atoms with Gasteiger partial charge in [-0.25, -0.2) is 15.0 Å². The van der Waals surface area contributed by atoms with E-state index in [9.17, 15) is 4.79 Å². The molecular weight excluding hydrogens is 445 g/mol. The summed E-state index contributed by atoms with van der Waals surface area (Å²) < 4.78 is 0. The van der Waals surface area contributed by atoms with E-state index < -0.39 is 0 Å². The van der Waals surface area contributed by atoms with Crippen molar-refractivity contribution < 1.29 is 4.79 Å². The number of hydrogen-bond acceptors (Lipinski definition) is 5. The monoisotopic (exact) mass is 475 g/mol. The van der Waals surface area contributed by atoms with E-state index >= 15 is 0 Å². The summed E-state index contributed by atoms with van der Waals surface area (Å²) >= 11 is 0. The van der Waals surface area contributed by atoms with E-state index in [1.165, 1.54) is 0 Å². The van der Waals surface area contributed by atoms with Gasteiger partial charge >= 0.3 is 0 Å². The summed E-state index contributed by atoms with van der Waals surface area (Å²) in [4.78, 5) is 28.5. The van der Waals surface area contributed by atoms with Crippen LogP contribution in [0, 0.1) is 0 Å². The van der Waals surface area contributed by atoms with Gasteiger partial charge in [-0.3, -0.25) is 4.79 Å². The largest absolute Gasteiger partial charge is 0.356 e. The van der Waals surface area contributed by atoms with Crippen molar-refractivity contribution in [1.29, 1.82) is 0 Å². The number of likely N-dealkylation sites (N-methyl/N-ethyl adjacent to an activating group) is 1. The molecule has 8 nitrogen and oxygen atoms in total. The van der Waals surface area contributed by atoms with Gasteiger partial charge in [0.05, 0.1) is 0 Å². The molecule has 146 valence electrons. The Kier molecular flexibility index (Phi) is 10.2. The fourth-order valence-electron chi connectivity index (χ4n) is 2.56. The van der Waals surface area contributed by atoms with Crippen LogP contribution in [0.4, 0.5) is 5.95 Å². The van der Waals surface area contributed by atoms with Gasteiger partial charge in [0.15, 0.2) is 5.96 Å². The van der Waals surface area contributed by atoms with Crippen LogP contribution >= 0.6 is 24.0 Å². The van der Waals surface area contributed by atoms with Gasteiger partial charge < -0.3 is 20.4 Å². The number of carbonyl (C=O) groups is 1. The molecule has 0 spiro atoms. The molecule has 0 radical (unpaired) electrons. The van der Waals surface area contributed by atoms with Gasteiger partial charge in [-0.15, -0.1) is 24.0 Å². The third-order valence-corrected chi connectivity index (χ3v) is 4.08. The molecule has 1 aromatic heterocycles. The van der Waals surface area contributed by atoms with E-state index in [2.05, 4.69) is 37.4 Å². The topological polar surface area (TPSA) is 85.8 Å². The highest BCUT2D eigenvalue weighted by Gasteiger charge is 2.21. The highest BCUT2D eigenvalue weighted by molar-refractivity contribution is 14.0.